The van der Waals surface area contributed by atoms with Gasteiger partial charge in [-0.25, -0.2) is 4.39 Å². The Bertz CT molecular complexity index is 1340. The number of anilines is 3. The van der Waals surface area contributed by atoms with Crippen LogP contribution in [0.15, 0.2) is 54.6 Å². The summed E-state index contributed by atoms with van der Waals surface area (Å²) in [6, 6.07) is 15.4. The molecule has 0 spiro atoms. The number of nitrogens with zero attached hydrogens (tertiary/aromatic N) is 3. The average molecular weight is 493 g/mol. The van der Waals surface area contributed by atoms with Crippen LogP contribution in [0.5, 0.6) is 0 Å². The van der Waals surface area contributed by atoms with E-state index in [1.165, 1.54) is 23.5 Å². The van der Waals surface area contributed by atoms with Crippen molar-refractivity contribution in [2.75, 3.05) is 48.8 Å². The highest BCUT2D eigenvalue weighted by molar-refractivity contribution is 7.20. The number of likely N-dealkylation sites (N-methyl/N-ethyl adjacent to an activating group) is 1. The van der Waals surface area contributed by atoms with Gasteiger partial charge < -0.3 is 20.4 Å². The molecule has 1 fully saturated rings. The predicted molar refractivity (Wildman–Crippen MR) is 137 cm³/mol. The van der Waals surface area contributed by atoms with Crippen LogP contribution in [0.2, 0.25) is 0 Å². The molecule has 0 atom stereocenters. The standard InChI is InChI=1S/C25H25FN6O2S/c1-31-10-12-32(13-11-31)19-8-6-18(7-9-19)27-24(34)21-15-20-23(29-30-25(20)35-21)28-22(33)14-16-2-4-17(26)5-3-16/h2-9,15H,10-14H2,1H3,(H,27,34)(H2,28,29,30,33). The van der Waals surface area contributed by atoms with Crippen LogP contribution in [0.1, 0.15) is 15.2 Å². The number of carbonyl (C=O) groups excluding carboxylic acids is 2. The SMILES string of the molecule is CN1CCN(c2ccc(NC(=O)c3cc4c(NC(=O)Cc5ccc(F)cc5)[nH]nc4s3)cc2)CC1. The van der Waals surface area contributed by atoms with Crippen LogP contribution < -0.4 is 15.5 Å². The maximum atomic E-state index is 13.1. The minimum absolute atomic E-state index is 0.0996. The van der Waals surface area contributed by atoms with E-state index < -0.39 is 0 Å². The van der Waals surface area contributed by atoms with Crippen molar-refractivity contribution in [3.8, 4) is 0 Å². The number of carbonyl (C=O) groups is 2. The van der Waals surface area contributed by atoms with Crippen molar-refractivity contribution < 1.29 is 14.0 Å². The molecular weight excluding hydrogens is 467 g/mol. The van der Waals surface area contributed by atoms with Gasteiger partial charge in [0.1, 0.15) is 16.5 Å². The molecule has 1 saturated heterocycles. The Labute approximate surface area is 205 Å². The summed E-state index contributed by atoms with van der Waals surface area (Å²) < 4.78 is 13.1. The van der Waals surface area contributed by atoms with E-state index >= 15 is 0 Å². The summed E-state index contributed by atoms with van der Waals surface area (Å²) in [5.41, 5.74) is 2.56. The average Bonchev–Trinajstić information content (AvgIpc) is 3.44. The highest BCUT2D eigenvalue weighted by Crippen LogP contribution is 2.30. The summed E-state index contributed by atoms with van der Waals surface area (Å²) in [5, 5.41) is 13.4. The van der Waals surface area contributed by atoms with Crippen molar-refractivity contribution in [3.63, 3.8) is 0 Å². The van der Waals surface area contributed by atoms with Crippen LogP contribution in [0.4, 0.5) is 21.6 Å². The molecule has 4 aromatic rings. The lowest BCUT2D eigenvalue weighted by atomic mass is 10.1. The topological polar surface area (TPSA) is 93.4 Å². The zero-order chi connectivity index (χ0) is 24.4. The second-order valence-corrected chi connectivity index (χ2v) is 9.60. The third kappa shape index (κ3) is 5.33. The minimum atomic E-state index is -0.348. The number of aromatic nitrogens is 2. The molecule has 2 aromatic heterocycles. The molecule has 0 unspecified atom stereocenters. The Morgan fingerprint density at radius 1 is 1.03 bits per heavy atom. The smallest absolute Gasteiger partial charge is 0.265 e. The zero-order valence-corrected chi connectivity index (χ0v) is 20.0. The van der Waals surface area contributed by atoms with E-state index in [2.05, 4.69) is 37.7 Å². The molecule has 0 bridgehead atoms. The maximum Gasteiger partial charge on any atom is 0.265 e. The number of H-pyrrole nitrogens is 1. The molecule has 2 aromatic carbocycles. The van der Waals surface area contributed by atoms with Crippen LogP contribution in [-0.4, -0.2) is 60.1 Å². The van der Waals surface area contributed by atoms with Gasteiger partial charge in [0.2, 0.25) is 5.91 Å². The Balaban J connectivity index is 1.22. The minimum Gasteiger partial charge on any atom is -0.369 e. The first-order chi connectivity index (χ1) is 16.9. The fourth-order valence-corrected chi connectivity index (χ4v) is 4.89. The molecule has 5 rings (SSSR count). The Kier molecular flexibility index (Phi) is 6.47. The molecule has 0 saturated carbocycles. The molecule has 35 heavy (non-hydrogen) atoms. The summed E-state index contributed by atoms with van der Waals surface area (Å²) in [5.74, 6) is -0.415. The van der Waals surface area contributed by atoms with Gasteiger partial charge in [0.15, 0.2) is 0 Å². The van der Waals surface area contributed by atoms with Gasteiger partial charge in [0.05, 0.1) is 16.7 Å². The Hall–Kier alpha value is -3.76. The van der Waals surface area contributed by atoms with E-state index in [1.54, 1.807) is 18.2 Å². The van der Waals surface area contributed by atoms with Crippen LogP contribution >= 0.6 is 11.3 Å². The van der Waals surface area contributed by atoms with Gasteiger partial charge >= 0.3 is 0 Å². The summed E-state index contributed by atoms with van der Waals surface area (Å²) in [7, 11) is 2.13. The van der Waals surface area contributed by atoms with Crippen LogP contribution in [0.25, 0.3) is 10.2 Å². The number of rotatable bonds is 6. The molecular formula is C25H25FN6O2S. The molecule has 3 N–H and O–H groups in total. The number of benzene rings is 2. The van der Waals surface area contributed by atoms with Gasteiger partial charge in [0.25, 0.3) is 5.91 Å². The van der Waals surface area contributed by atoms with Crippen molar-refractivity contribution >= 4 is 50.6 Å². The second kappa shape index (κ2) is 9.85. The molecule has 3 heterocycles. The fourth-order valence-electron chi connectivity index (χ4n) is 4.00. The summed E-state index contributed by atoms with van der Waals surface area (Å²) in [6.07, 6.45) is 0.0996. The number of thiophene rings is 1. The summed E-state index contributed by atoms with van der Waals surface area (Å²) >= 11 is 1.24. The summed E-state index contributed by atoms with van der Waals surface area (Å²) in [6.45, 7) is 4.04. The van der Waals surface area contributed by atoms with Gasteiger partial charge in [-0.15, -0.1) is 11.3 Å². The Morgan fingerprint density at radius 2 is 1.74 bits per heavy atom. The fraction of sp³-hybridized carbons (Fsp3) is 0.240. The largest absolute Gasteiger partial charge is 0.369 e. The van der Waals surface area contributed by atoms with Crippen LogP contribution in [-0.2, 0) is 11.2 Å². The highest BCUT2D eigenvalue weighted by Gasteiger charge is 2.18. The molecule has 0 radical (unpaired) electrons. The van der Waals surface area contributed by atoms with Crippen LogP contribution in [0.3, 0.4) is 0 Å². The number of fused-ring (bicyclic) bond motifs is 1. The van der Waals surface area contributed by atoms with Gasteiger partial charge in [-0.3, -0.25) is 14.7 Å². The lowest BCUT2D eigenvalue weighted by molar-refractivity contribution is -0.115. The van der Waals surface area contributed by atoms with Gasteiger partial charge in [-0.2, -0.15) is 5.10 Å². The molecule has 0 aliphatic carbocycles. The Morgan fingerprint density at radius 3 is 2.46 bits per heavy atom. The monoisotopic (exact) mass is 492 g/mol. The third-order valence-electron chi connectivity index (χ3n) is 6.01. The predicted octanol–water partition coefficient (Wildman–Crippen LogP) is 3.95. The first-order valence-corrected chi connectivity index (χ1v) is 12.1. The van der Waals surface area contributed by atoms with Crippen molar-refractivity contribution in [2.24, 2.45) is 0 Å². The number of hydrogen-bond donors (Lipinski definition) is 3. The number of aromatic amines is 1. The number of amides is 2. The lowest BCUT2D eigenvalue weighted by Crippen LogP contribution is -2.44. The molecule has 10 heteroatoms. The first kappa shape index (κ1) is 23.0. The van der Waals surface area contributed by atoms with Gasteiger partial charge in [0, 0.05) is 37.6 Å². The van der Waals surface area contributed by atoms with E-state index in [0.29, 0.717) is 32.2 Å². The molecule has 1 aliphatic rings. The van der Waals surface area contributed by atoms with Gasteiger partial charge in [-0.1, -0.05) is 12.1 Å². The number of hydrogen-bond acceptors (Lipinski definition) is 6. The molecule has 2 amide bonds. The zero-order valence-electron chi connectivity index (χ0n) is 19.2. The number of piperazine rings is 1. The van der Waals surface area contributed by atoms with E-state index in [0.717, 1.165) is 31.9 Å². The van der Waals surface area contributed by atoms with E-state index in [4.69, 9.17) is 0 Å². The normalized spacial score (nSPS) is 14.3. The maximum absolute atomic E-state index is 13.1. The lowest BCUT2D eigenvalue weighted by Gasteiger charge is -2.34. The second-order valence-electron chi connectivity index (χ2n) is 8.57. The van der Waals surface area contributed by atoms with Gasteiger partial charge in [-0.05, 0) is 55.1 Å². The van der Waals surface area contributed by atoms with E-state index in [9.17, 15) is 14.0 Å². The van der Waals surface area contributed by atoms with E-state index in [1.807, 2.05) is 24.3 Å². The number of nitrogens with one attached hydrogen (secondary N) is 3. The number of halogens is 1. The van der Waals surface area contributed by atoms with Crippen molar-refractivity contribution in [3.05, 3.63) is 70.9 Å². The van der Waals surface area contributed by atoms with Crippen LogP contribution in [0, 0.1) is 5.82 Å². The quantitative estimate of drug-likeness (QED) is 0.379. The third-order valence-corrected chi connectivity index (χ3v) is 7.04. The molecule has 8 nitrogen and oxygen atoms in total. The first-order valence-electron chi connectivity index (χ1n) is 11.3. The van der Waals surface area contributed by atoms with Crippen molar-refractivity contribution in [1.29, 1.82) is 0 Å². The summed E-state index contributed by atoms with van der Waals surface area (Å²) in [4.78, 5) is 31.0. The van der Waals surface area contributed by atoms with E-state index in [-0.39, 0.29) is 24.1 Å². The van der Waals surface area contributed by atoms with Crippen molar-refractivity contribution in [2.45, 2.75) is 6.42 Å². The highest BCUT2D eigenvalue weighted by atomic mass is 32.1. The van der Waals surface area contributed by atoms with Crippen molar-refractivity contribution in [1.82, 2.24) is 15.1 Å². The molecule has 1 aliphatic heterocycles. The molecule has 180 valence electrons.